The van der Waals surface area contributed by atoms with Gasteiger partial charge in [0.05, 0.1) is 4.92 Å². The topological polar surface area (TPSA) is 82.1 Å². The quantitative estimate of drug-likeness (QED) is 0.185. The van der Waals surface area contributed by atoms with Gasteiger partial charge in [0.15, 0.2) is 17.4 Å². The third kappa shape index (κ3) is 4.34. The minimum absolute atomic E-state index is 0.0783. The van der Waals surface area contributed by atoms with Crippen LogP contribution in [-0.4, -0.2) is 9.91 Å². The molecule has 6 nitrogen and oxygen atoms in total. The zero-order chi connectivity index (χ0) is 19.2. The molecule has 27 heavy (non-hydrogen) atoms. The maximum Gasteiger partial charge on any atom is 0.269 e. The molecule has 7 heteroatoms. The molecule has 1 aromatic heterocycles. The first-order valence-corrected chi connectivity index (χ1v) is 8.46. The van der Waals surface area contributed by atoms with Gasteiger partial charge in [-0.1, -0.05) is 36.5 Å². The third-order valence-corrected chi connectivity index (χ3v) is 4.07. The highest BCUT2D eigenvalue weighted by Crippen LogP contribution is 2.19. The number of non-ortho nitro benzene ring substituents is 1. The van der Waals surface area contributed by atoms with Crippen LogP contribution in [0.4, 0.5) is 11.4 Å². The van der Waals surface area contributed by atoms with E-state index in [0.29, 0.717) is 5.56 Å². The van der Waals surface area contributed by atoms with Gasteiger partial charge in [-0.05, 0) is 35.6 Å². The van der Waals surface area contributed by atoms with Crippen molar-refractivity contribution >= 4 is 40.0 Å². The lowest BCUT2D eigenvalue weighted by molar-refractivity contribution is -0.577. The first-order chi connectivity index (χ1) is 13.1. The van der Waals surface area contributed by atoms with E-state index < -0.39 is 4.92 Å². The number of nitrogens with one attached hydrogen (secondary N) is 1. The van der Waals surface area contributed by atoms with E-state index >= 15 is 0 Å². The van der Waals surface area contributed by atoms with Crippen LogP contribution in [0.15, 0.2) is 85.2 Å². The Balaban J connectivity index is 2.04. The smallest absolute Gasteiger partial charge is 0.269 e. The lowest BCUT2D eigenvalue weighted by Crippen LogP contribution is -2.39. The molecule has 0 atom stereocenters. The van der Waals surface area contributed by atoms with Crippen molar-refractivity contribution in [3.8, 4) is 0 Å². The Kier molecular flexibility index (Phi) is 5.53. The van der Waals surface area contributed by atoms with E-state index in [9.17, 15) is 15.2 Å². The first-order valence-electron chi connectivity index (χ1n) is 8.05. The predicted octanol–water partition coefficient (Wildman–Crippen LogP) is 3.01. The monoisotopic (exact) mass is 377 g/mol. The van der Waals surface area contributed by atoms with Crippen LogP contribution in [0.2, 0.25) is 0 Å². The number of anilines is 1. The molecule has 0 saturated heterocycles. The van der Waals surface area contributed by atoms with Gasteiger partial charge in [0, 0.05) is 30.0 Å². The second-order valence-corrected chi connectivity index (χ2v) is 5.99. The number of nitro benzene ring substituents is 1. The highest BCUT2D eigenvalue weighted by molar-refractivity contribution is 7.81. The van der Waals surface area contributed by atoms with Crippen LogP contribution in [0, 0.1) is 10.1 Å². The van der Waals surface area contributed by atoms with Crippen molar-refractivity contribution < 1.29 is 14.6 Å². The fourth-order valence-corrected chi connectivity index (χ4v) is 2.78. The molecule has 2 aromatic carbocycles. The standard InChI is InChI=1S/C20H15N3O3S/c24-19(15-9-11-17(12-10-15)23(25)26)18(22-13-5-2-6-14-22)20(27)21-16-7-3-1-4-8-16/h1-14H,(H-,21,24,27). The summed E-state index contributed by atoms with van der Waals surface area (Å²) < 4.78 is 1.63. The Hall–Kier alpha value is -3.58. The molecule has 0 aliphatic carbocycles. The number of thiocarbonyl (C=S) groups is 1. The largest absolute Gasteiger partial charge is 0.867 e. The fourth-order valence-electron chi connectivity index (χ4n) is 2.47. The number of rotatable bonds is 5. The summed E-state index contributed by atoms with van der Waals surface area (Å²) in [5.41, 5.74) is 1.24. The molecule has 0 saturated carbocycles. The zero-order valence-corrected chi connectivity index (χ0v) is 14.9. The van der Waals surface area contributed by atoms with E-state index in [1.54, 1.807) is 29.1 Å². The maximum atomic E-state index is 13.1. The van der Waals surface area contributed by atoms with Crippen LogP contribution in [-0.2, 0) is 0 Å². The van der Waals surface area contributed by atoms with Gasteiger partial charge in [-0.25, -0.2) is 0 Å². The highest BCUT2D eigenvalue weighted by Gasteiger charge is 2.19. The first kappa shape index (κ1) is 18.2. The van der Waals surface area contributed by atoms with Gasteiger partial charge in [-0.3, -0.25) is 10.1 Å². The molecule has 0 bridgehead atoms. The minimum Gasteiger partial charge on any atom is -0.867 e. The Morgan fingerprint density at radius 1 is 0.926 bits per heavy atom. The number of hydrogen-bond acceptors (Lipinski definition) is 4. The van der Waals surface area contributed by atoms with Crippen molar-refractivity contribution in [1.82, 2.24) is 0 Å². The minimum atomic E-state index is -0.508. The van der Waals surface area contributed by atoms with Gasteiger partial charge >= 0.3 is 0 Å². The summed E-state index contributed by atoms with van der Waals surface area (Å²) in [4.78, 5) is 10.6. The molecule has 134 valence electrons. The molecule has 0 unspecified atom stereocenters. The average Bonchev–Trinajstić information content (AvgIpc) is 2.69. The number of benzene rings is 2. The Bertz CT molecular complexity index is 988. The van der Waals surface area contributed by atoms with Crippen LogP contribution >= 0.6 is 12.2 Å². The molecule has 1 N–H and O–H groups in total. The van der Waals surface area contributed by atoms with Crippen LogP contribution in [0.25, 0.3) is 11.5 Å². The van der Waals surface area contributed by atoms with Gasteiger partial charge in [-0.2, -0.15) is 4.57 Å². The number of pyridine rings is 1. The van der Waals surface area contributed by atoms with Crippen molar-refractivity contribution in [1.29, 1.82) is 0 Å². The maximum absolute atomic E-state index is 13.1. The molecule has 3 rings (SSSR count). The molecule has 1 heterocycles. The van der Waals surface area contributed by atoms with E-state index in [0.717, 1.165) is 5.69 Å². The van der Waals surface area contributed by atoms with E-state index in [1.165, 1.54) is 24.3 Å². The van der Waals surface area contributed by atoms with Crippen molar-refractivity contribution in [2.45, 2.75) is 0 Å². The molecule has 0 fully saturated rings. The van der Waals surface area contributed by atoms with Gasteiger partial charge in [-0.15, -0.1) is 0 Å². The molecular weight excluding hydrogens is 362 g/mol. The molecule has 0 aliphatic heterocycles. The van der Waals surface area contributed by atoms with Gasteiger partial charge in [0.25, 0.3) is 5.69 Å². The molecule has 0 spiro atoms. The van der Waals surface area contributed by atoms with Crippen molar-refractivity contribution in [2.75, 3.05) is 5.32 Å². The Morgan fingerprint density at radius 2 is 1.52 bits per heavy atom. The summed E-state index contributed by atoms with van der Waals surface area (Å²) in [6.45, 7) is 0. The normalized spacial score (nSPS) is 11.4. The van der Waals surface area contributed by atoms with Crippen LogP contribution in [0.3, 0.4) is 0 Å². The molecule has 0 amide bonds. The number of nitro groups is 1. The molecule has 0 aliphatic rings. The van der Waals surface area contributed by atoms with Crippen LogP contribution < -0.4 is 15.0 Å². The summed E-state index contributed by atoms with van der Waals surface area (Å²) in [6, 6.07) is 20.1. The van der Waals surface area contributed by atoms with Crippen LogP contribution in [0.5, 0.6) is 0 Å². The number of para-hydroxylation sites is 1. The summed E-state index contributed by atoms with van der Waals surface area (Å²) in [5.74, 6) is -0.338. The van der Waals surface area contributed by atoms with Crippen molar-refractivity contribution in [2.24, 2.45) is 0 Å². The fraction of sp³-hybridized carbons (Fsp3) is 0. The SMILES string of the molecule is O=[N+]([O-])c1ccc(C([O-])=C(C(=S)Nc2ccccc2)[n+]2ccccc2)cc1. The van der Waals surface area contributed by atoms with E-state index in [4.69, 9.17) is 12.2 Å². The predicted molar refractivity (Wildman–Crippen MR) is 106 cm³/mol. The van der Waals surface area contributed by atoms with Crippen molar-refractivity contribution in [3.63, 3.8) is 0 Å². The zero-order valence-electron chi connectivity index (χ0n) is 14.1. The molecule has 3 aromatic rings. The van der Waals surface area contributed by atoms with Crippen molar-refractivity contribution in [3.05, 3.63) is 101 Å². The highest BCUT2D eigenvalue weighted by atomic mass is 32.1. The van der Waals surface area contributed by atoms with Gasteiger partial charge in [0.1, 0.15) is 0 Å². The second kappa shape index (κ2) is 8.20. The van der Waals surface area contributed by atoms with E-state index in [2.05, 4.69) is 5.32 Å². The van der Waals surface area contributed by atoms with E-state index in [1.807, 2.05) is 36.4 Å². The van der Waals surface area contributed by atoms with Crippen LogP contribution in [0.1, 0.15) is 5.56 Å². The second-order valence-electron chi connectivity index (χ2n) is 5.58. The number of hydrogen-bond donors (Lipinski definition) is 1. The Labute approximate surface area is 161 Å². The average molecular weight is 377 g/mol. The van der Waals surface area contributed by atoms with Gasteiger partial charge < -0.3 is 10.4 Å². The number of nitrogens with zero attached hydrogens (tertiary/aromatic N) is 2. The molecule has 0 radical (unpaired) electrons. The summed E-state index contributed by atoms with van der Waals surface area (Å²) in [7, 11) is 0. The lowest BCUT2D eigenvalue weighted by atomic mass is 10.1. The Morgan fingerprint density at radius 3 is 2.11 bits per heavy atom. The van der Waals surface area contributed by atoms with Gasteiger partial charge in [0.2, 0.25) is 5.70 Å². The lowest BCUT2D eigenvalue weighted by Gasteiger charge is -2.16. The summed E-state index contributed by atoms with van der Waals surface area (Å²) >= 11 is 5.49. The van der Waals surface area contributed by atoms with E-state index in [-0.39, 0.29) is 22.1 Å². The molecular formula is C20H15N3O3S. The summed E-state index contributed by atoms with van der Waals surface area (Å²) in [5, 5.41) is 27.0. The third-order valence-electron chi connectivity index (χ3n) is 3.78. The summed E-state index contributed by atoms with van der Waals surface area (Å²) in [6.07, 6.45) is 3.44. The number of aromatic nitrogens is 1.